The van der Waals surface area contributed by atoms with Crippen LogP contribution in [0.5, 0.6) is 11.5 Å². The van der Waals surface area contributed by atoms with Crippen LogP contribution in [0.25, 0.3) is 11.1 Å². The highest BCUT2D eigenvalue weighted by molar-refractivity contribution is 7.99. The zero-order valence-corrected chi connectivity index (χ0v) is 30.8. The minimum Gasteiger partial charge on any atom is -0.490 e. The zero-order chi connectivity index (χ0) is 37.5. The number of allylic oxidation sites excluding steroid dienone is 2. The molecule has 4 aromatic rings. The van der Waals surface area contributed by atoms with Gasteiger partial charge in [-0.1, -0.05) is 66.2 Å². The first-order valence-corrected chi connectivity index (χ1v) is 17.7. The van der Waals surface area contributed by atoms with Crippen LogP contribution in [0.3, 0.4) is 0 Å². The van der Waals surface area contributed by atoms with Crippen LogP contribution < -0.4 is 9.47 Å². The van der Waals surface area contributed by atoms with E-state index in [4.69, 9.17) is 19.3 Å². The Morgan fingerprint density at radius 1 is 0.788 bits per heavy atom. The molecule has 0 spiro atoms. The lowest BCUT2D eigenvalue weighted by Crippen LogP contribution is -2.35. The van der Waals surface area contributed by atoms with E-state index < -0.39 is 17.5 Å². The predicted octanol–water partition coefficient (Wildman–Crippen LogP) is 8.93. The third-order valence-corrected chi connectivity index (χ3v) is 8.85. The molecule has 8 heteroatoms. The number of rotatable bonds is 14. The average Bonchev–Trinajstić information content (AvgIpc) is 3.13. The number of hydrogen-bond donors (Lipinski definition) is 2. The van der Waals surface area contributed by atoms with Crippen LogP contribution >= 0.6 is 11.8 Å². The zero-order valence-electron chi connectivity index (χ0n) is 30.0. The molecule has 1 unspecified atom stereocenters. The van der Waals surface area contributed by atoms with E-state index in [1.54, 1.807) is 55.9 Å². The second-order valence-corrected chi connectivity index (χ2v) is 13.0. The number of aryl methyl sites for hydroxylation is 1. The number of carboxylic acid groups (broad SMARTS) is 2. The summed E-state index contributed by atoms with van der Waals surface area (Å²) in [7, 11) is 0. The van der Waals surface area contributed by atoms with E-state index in [0.29, 0.717) is 30.3 Å². The summed E-state index contributed by atoms with van der Waals surface area (Å²) in [4.78, 5) is 23.5. The van der Waals surface area contributed by atoms with Gasteiger partial charge >= 0.3 is 11.9 Å². The summed E-state index contributed by atoms with van der Waals surface area (Å²) < 4.78 is 16.6. The normalized spacial score (nSPS) is 12.4. The standard InChI is InChI=1S/C44H42O7S/c1-6-51-44(5,43(47)48)38-19-21-39(22-20-38)49-27-25-31(2)7-9-34-11-15-36(16-12-34)37-17-13-35(14-18-37)10-8-32(3)26-28-52-40-23-24-41(33(4)29-40)50-30-42(45)46/h11-26,29H,6,27-28,30H2,1-5H3,(H,45,46)(H,47,48). The van der Waals surface area contributed by atoms with Crippen molar-refractivity contribution >= 4 is 23.7 Å². The number of ether oxygens (including phenoxy) is 3. The molecule has 7 nitrogen and oxygen atoms in total. The topological polar surface area (TPSA) is 102 Å². The summed E-state index contributed by atoms with van der Waals surface area (Å²) >= 11 is 1.68. The summed E-state index contributed by atoms with van der Waals surface area (Å²) in [5.74, 6) is 12.8. The highest BCUT2D eigenvalue weighted by Crippen LogP contribution is 2.28. The first-order chi connectivity index (χ1) is 25.0. The average molecular weight is 715 g/mol. The highest BCUT2D eigenvalue weighted by Gasteiger charge is 2.35. The quantitative estimate of drug-likeness (QED) is 0.0987. The maximum Gasteiger partial charge on any atom is 0.341 e. The Bertz CT molecular complexity index is 2040. The van der Waals surface area contributed by atoms with Gasteiger partial charge in [0.2, 0.25) is 0 Å². The van der Waals surface area contributed by atoms with Crippen LogP contribution in [0.4, 0.5) is 0 Å². The van der Waals surface area contributed by atoms with Gasteiger partial charge in [0, 0.05) is 28.4 Å². The highest BCUT2D eigenvalue weighted by atomic mass is 32.2. The van der Waals surface area contributed by atoms with Crippen LogP contribution in [0.2, 0.25) is 0 Å². The van der Waals surface area contributed by atoms with Crippen LogP contribution in [0, 0.1) is 30.6 Å². The lowest BCUT2D eigenvalue weighted by atomic mass is 9.96. The molecule has 0 heterocycles. The molecule has 0 bridgehead atoms. The van der Waals surface area contributed by atoms with E-state index in [1.165, 1.54) is 0 Å². The second kappa shape index (κ2) is 19.1. The Morgan fingerprint density at radius 2 is 1.37 bits per heavy atom. The fourth-order valence-electron chi connectivity index (χ4n) is 4.90. The first-order valence-electron chi connectivity index (χ1n) is 16.7. The summed E-state index contributed by atoms with van der Waals surface area (Å²) in [5.41, 5.74) is 5.93. The lowest BCUT2D eigenvalue weighted by molar-refractivity contribution is -0.164. The van der Waals surface area contributed by atoms with Gasteiger partial charge < -0.3 is 24.4 Å². The summed E-state index contributed by atoms with van der Waals surface area (Å²) in [6.45, 7) is 9.41. The van der Waals surface area contributed by atoms with Crippen LogP contribution in [0.15, 0.2) is 119 Å². The fraction of sp³-hybridized carbons (Fsp3) is 0.227. The number of carbonyl (C=O) groups is 2. The monoisotopic (exact) mass is 714 g/mol. The van der Waals surface area contributed by atoms with Gasteiger partial charge in [0.1, 0.15) is 18.1 Å². The van der Waals surface area contributed by atoms with Crippen molar-refractivity contribution in [2.24, 2.45) is 0 Å². The van der Waals surface area contributed by atoms with Gasteiger partial charge in [-0.15, -0.1) is 11.8 Å². The Morgan fingerprint density at radius 3 is 1.88 bits per heavy atom. The van der Waals surface area contributed by atoms with Crippen molar-refractivity contribution in [3.05, 3.63) is 137 Å². The molecule has 0 fully saturated rings. The third-order valence-electron chi connectivity index (χ3n) is 7.93. The number of benzene rings is 4. The van der Waals surface area contributed by atoms with Crippen molar-refractivity contribution in [3.63, 3.8) is 0 Å². The molecule has 52 heavy (non-hydrogen) atoms. The van der Waals surface area contributed by atoms with Gasteiger partial charge in [0.15, 0.2) is 12.2 Å². The minimum atomic E-state index is -1.40. The maximum atomic E-state index is 11.7. The van der Waals surface area contributed by atoms with E-state index in [2.05, 4.69) is 54.0 Å². The van der Waals surface area contributed by atoms with Gasteiger partial charge in [0.25, 0.3) is 0 Å². The Kier molecular flexibility index (Phi) is 14.4. The fourth-order valence-corrected chi connectivity index (χ4v) is 5.85. The molecule has 0 saturated heterocycles. The van der Waals surface area contributed by atoms with Gasteiger partial charge in [-0.3, -0.25) is 0 Å². The molecular formula is C44H42O7S. The molecule has 0 aliphatic heterocycles. The molecule has 266 valence electrons. The van der Waals surface area contributed by atoms with Crippen molar-refractivity contribution in [1.29, 1.82) is 0 Å². The predicted molar refractivity (Wildman–Crippen MR) is 207 cm³/mol. The van der Waals surface area contributed by atoms with Crippen LogP contribution in [-0.2, 0) is 19.9 Å². The second-order valence-electron chi connectivity index (χ2n) is 12.0. The van der Waals surface area contributed by atoms with Crippen molar-refractivity contribution in [1.82, 2.24) is 0 Å². The molecule has 0 aliphatic carbocycles. The molecule has 0 amide bonds. The van der Waals surface area contributed by atoms with Crippen molar-refractivity contribution in [2.75, 3.05) is 25.6 Å². The molecule has 0 saturated carbocycles. The molecule has 0 aliphatic rings. The molecule has 4 aromatic carbocycles. The van der Waals surface area contributed by atoms with Gasteiger partial charge in [-0.25, -0.2) is 9.59 Å². The van der Waals surface area contributed by atoms with E-state index in [9.17, 15) is 14.7 Å². The van der Waals surface area contributed by atoms with Crippen LogP contribution in [0.1, 0.15) is 49.9 Å². The van der Waals surface area contributed by atoms with E-state index in [1.807, 2.05) is 63.2 Å². The van der Waals surface area contributed by atoms with Crippen molar-refractivity contribution < 1.29 is 34.0 Å². The van der Waals surface area contributed by atoms with E-state index >= 15 is 0 Å². The summed E-state index contributed by atoms with van der Waals surface area (Å²) in [6.07, 6.45) is 4.00. The molecule has 4 rings (SSSR count). The number of thioether (sulfide) groups is 1. The van der Waals surface area contributed by atoms with Crippen LogP contribution in [-0.4, -0.2) is 47.7 Å². The number of aliphatic carboxylic acids is 2. The molecule has 0 radical (unpaired) electrons. The van der Waals surface area contributed by atoms with E-state index in [0.717, 1.165) is 49.6 Å². The van der Waals surface area contributed by atoms with Crippen molar-refractivity contribution in [2.45, 2.75) is 45.1 Å². The lowest BCUT2D eigenvalue weighted by Gasteiger charge is -2.25. The van der Waals surface area contributed by atoms with Gasteiger partial charge in [0.05, 0.1) is 0 Å². The number of carboxylic acids is 2. The van der Waals surface area contributed by atoms with Gasteiger partial charge in [-0.2, -0.15) is 0 Å². The Balaban J connectivity index is 1.25. The van der Waals surface area contributed by atoms with Gasteiger partial charge in [-0.05, 0) is 129 Å². The molecule has 2 N–H and O–H groups in total. The first kappa shape index (κ1) is 39.1. The summed E-state index contributed by atoms with van der Waals surface area (Å²) in [6, 6.07) is 28.9. The minimum absolute atomic E-state index is 0.290. The Hall–Kier alpha value is -5.67. The van der Waals surface area contributed by atoms with E-state index in [-0.39, 0.29) is 6.61 Å². The molecular weight excluding hydrogens is 673 g/mol. The molecule has 0 aromatic heterocycles. The SMILES string of the molecule is CCOC(C)(C(=O)O)c1ccc(OCC=C(C)C#Cc2ccc(-c3ccc(C#CC(C)=CCSc4ccc(OCC(=O)O)c(C)c4)cc3)cc2)cc1. The van der Waals surface area contributed by atoms with Crippen molar-refractivity contribution in [3.8, 4) is 46.3 Å². The Labute approximate surface area is 310 Å². The molecule has 1 atom stereocenters. The maximum absolute atomic E-state index is 11.7. The largest absolute Gasteiger partial charge is 0.490 e. The smallest absolute Gasteiger partial charge is 0.341 e. The third kappa shape index (κ3) is 11.7. The number of hydrogen-bond acceptors (Lipinski definition) is 6. The summed E-state index contributed by atoms with van der Waals surface area (Å²) in [5, 5.41) is 18.4.